The predicted octanol–water partition coefficient (Wildman–Crippen LogP) is 1.86. The molecule has 0 bridgehead atoms. The molecule has 1 unspecified atom stereocenters. The second-order valence-electron chi connectivity index (χ2n) is 7.01. The molecule has 26 heavy (non-hydrogen) atoms. The third-order valence-electron chi connectivity index (χ3n) is 4.09. The Hall–Kier alpha value is -3.03. The maximum absolute atomic E-state index is 12.6. The summed E-state index contributed by atoms with van der Waals surface area (Å²) in [7, 11) is 0. The number of imidazole rings is 1. The van der Waals surface area contributed by atoms with Crippen molar-refractivity contribution in [2.45, 2.75) is 40.3 Å². The molecule has 8 nitrogen and oxygen atoms in total. The molecule has 0 saturated heterocycles. The van der Waals surface area contributed by atoms with Gasteiger partial charge in [0.2, 0.25) is 0 Å². The quantitative estimate of drug-likeness (QED) is 0.685. The van der Waals surface area contributed by atoms with Gasteiger partial charge in [-0.15, -0.1) is 0 Å². The lowest BCUT2D eigenvalue weighted by Crippen LogP contribution is -2.47. The third-order valence-corrected chi connectivity index (χ3v) is 4.09. The molecule has 0 fully saturated rings. The molecular formula is C18H24N6O2. The average molecular weight is 356 g/mol. The lowest BCUT2D eigenvalue weighted by atomic mass is 9.86. The van der Waals surface area contributed by atoms with Crippen LogP contribution in [-0.4, -0.2) is 37.7 Å². The topological polar surface area (TPSA) is 117 Å². The van der Waals surface area contributed by atoms with Crippen LogP contribution >= 0.6 is 0 Å². The van der Waals surface area contributed by atoms with Gasteiger partial charge in [-0.05, 0) is 12.3 Å². The van der Waals surface area contributed by atoms with Crippen molar-refractivity contribution in [1.82, 2.24) is 24.8 Å². The van der Waals surface area contributed by atoms with E-state index in [1.165, 1.54) is 6.20 Å². The van der Waals surface area contributed by atoms with E-state index in [0.29, 0.717) is 12.1 Å². The normalized spacial score (nSPS) is 13.3. The van der Waals surface area contributed by atoms with Crippen LogP contribution in [0.15, 0.2) is 35.8 Å². The molecule has 0 spiro atoms. The zero-order chi connectivity index (χ0) is 19.3. The van der Waals surface area contributed by atoms with Crippen molar-refractivity contribution in [3.8, 4) is 0 Å². The van der Waals surface area contributed by atoms with Gasteiger partial charge in [-0.3, -0.25) is 9.59 Å². The van der Waals surface area contributed by atoms with E-state index in [2.05, 4.69) is 20.3 Å². The van der Waals surface area contributed by atoms with Crippen molar-refractivity contribution in [3.63, 3.8) is 0 Å². The monoisotopic (exact) mass is 356 g/mol. The lowest BCUT2D eigenvalue weighted by Gasteiger charge is -2.31. The molecule has 138 valence electrons. The molecule has 0 aliphatic heterocycles. The largest absolute Gasteiger partial charge is 0.347 e. The van der Waals surface area contributed by atoms with Crippen LogP contribution in [0.1, 0.15) is 43.9 Å². The summed E-state index contributed by atoms with van der Waals surface area (Å²) in [6, 6.07) is -0.212. The summed E-state index contributed by atoms with van der Waals surface area (Å²) < 4.78 is 1.88. The minimum absolute atomic E-state index is 0.0611. The van der Waals surface area contributed by atoms with E-state index in [1.54, 1.807) is 25.5 Å². The summed E-state index contributed by atoms with van der Waals surface area (Å²) >= 11 is 0. The fourth-order valence-electron chi connectivity index (χ4n) is 2.37. The minimum atomic E-state index is -0.538. The standard InChI is InChI=1S/C18H24N6O2/c1-5-12(8-19)15-21-9-13(17(26)23-15)16(25)22-14(18(2,3)4)10-24-7-6-20-11-24/h5-9,11,14,19H,10H2,1-4H3,(H,22,25)(H,21,23,26)/b12-5+,19-8?. The number of carbonyl (C=O) groups is 1. The van der Waals surface area contributed by atoms with Crippen LogP contribution in [0.2, 0.25) is 0 Å². The van der Waals surface area contributed by atoms with Gasteiger partial charge in [0.15, 0.2) is 0 Å². The van der Waals surface area contributed by atoms with Crippen molar-refractivity contribution in [3.05, 3.63) is 52.7 Å². The van der Waals surface area contributed by atoms with Gasteiger partial charge < -0.3 is 20.3 Å². The Morgan fingerprint density at radius 2 is 2.19 bits per heavy atom. The first-order valence-electron chi connectivity index (χ1n) is 8.29. The van der Waals surface area contributed by atoms with Crippen LogP contribution in [0.25, 0.3) is 5.57 Å². The Morgan fingerprint density at radius 1 is 1.46 bits per heavy atom. The number of carbonyl (C=O) groups excluding carboxylic acids is 1. The summed E-state index contributed by atoms with van der Waals surface area (Å²) in [6.45, 7) is 8.33. The Morgan fingerprint density at radius 3 is 2.69 bits per heavy atom. The Kier molecular flexibility index (Phi) is 5.86. The molecule has 2 aromatic heterocycles. The molecule has 0 aromatic carbocycles. The molecule has 2 rings (SSSR count). The van der Waals surface area contributed by atoms with Crippen molar-refractivity contribution in [2.75, 3.05) is 0 Å². The number of rotatable bonds is 6. The first kappa shape index (κ1) is 19.3. The molecule has 3 N–H and O–H groups in total. The van der Waals surface area contributed by atoms with Gasteiger partial charge in [-0.1, -0.05) is 26.8 Å². The van der Waals surface area contributed by atoms with Crippen LogP contribution in [-0.2, 0) is 6.54 Å². The van der Waals surface area contributed by atoms with Gasteiger partial charge in [-0.25, -0.2) is 9.97 Å². The first-order valence-corrected chi connectivity index (χ1v) is 8.29. The van der Waals surface area contributed by atoms with Crippen molar-refractivity contribution < 1.29 is 4.79 Å². The number of aromatic amines is 1. The number of aromatic nitrogens is 4. The molecule has 1 amide bonds. The second kappa shape index (κ2) is 7.90. The highest BCUT2D eigenvalue weighted by Crippen LogP contribution is 2.21. The number of nitrogens with zero attached hydrogens (tertiary/aromatic N) is 3. The Balaban J connectivity index is 2.24. The molecule has 0 aliphatic rings. The van der Waals surface area contributed by atoms with Gasteiger partial charge in [-0.2, -0.15) is 0 Å². The van der Waals surface area contributed by atoms with Crippen LogP contribution in [0.3, 0.4) is 0 Å². The number of H-pyrrole nitrogens is 1. The van der Waals surface area contributed by atoms with Gasteiger partial charge >= 0.3 is 0 Å². The van der Waals surface area contributed by atoms with E-state index in [1.807, 2.05) is 31.5 Å². The highest BCUT2D eigenvalue weighted by molar-refractivity contribution is 6.06. The molecule has 0 aliphatic carbocycles. The summed E-state index contributed by atoms with van der Waals surface area (Å²) in [5.74, 6) is -0.225. The summed E-state index contributed by atoms with van der Waals surface area (Å²) in [5.41, 5.74) is -0.349. The van der Waals surface area contributed by atoms with E-state index in [-0.39, 0.29) is 22.8 Å². The number of hydrogen-bond acceptors (Lipinski definition) is 5. The van der Waals surface area contributed by atoms with Crippen LogP contribution < -0.4 is 10.9 Å². The summed E-state index contributed by atoms with van der Waals surface area (Å²) in [5, 5.41) is 10.2. The fourth-order valence-corrected chi connectivity index (χ4v) is 2.37. The molecule has 0 radical (unpaired) electrons. The molecular weight excluding hydrogens is 332 g/mol. The fraction of sp³-hybridized carbons (Fsp3) is 0.389. The van der Waals surface area contributed by atoms with Crippen molar-refractivity contribution in [1.29, 1.82) is 5.41 Å². The van der Waals surface area contributed by atoms with Crippen LogP contribution in [0, 0.1) is 10.8 Å². The number of hydrogen-bond donors (Lipinski definition) is 3. The van der Waals surface area contributed by atoms with E-state index in [0.717, 1.165) is 6.21 Å². The lowest BCUT2D eigenvalue weighted by molar-refractivity contribution is 0.0890. The first-order chi connectivity index (χ1) is 12.3. The highest BCUT2D eigenvalue weighted by atomic mass is 16.2. The number of allylic oxidation sites excluding steroid dienone is 2. The van der Waals surface area contributed by atoms with Crippen molar-refractivity contribution in [2.24, 2.45) is 5.41 Å². The van der Waals surface area contributed by atoms with Gasteiger partial charge in [0.25, 0.3) is 11.5 Å². The third kappa shape index (κ3) is 4.53. The van der Waals surface area contributed by atoms with E-state index < -0.39 is 11.5 Å². The smallest absolute Gasteiger partial charge is 0.264 e. The Bertz CT molecular complexity index is 859. The highest BCUT2D eigenvalue weighted by Gasteiger charge is 2.28. The van der Waals surface area contributed by atoms with E-state index in [4.69, 9.17) is 5.41 Å². The second-order valence-corrected chi connectivity index (χ2v) is 7.01. The van der Waals surface area contributed by atoms with Crippen molar-refractivity contribution >= 4 is 17.7 Å². The van der Waals surface area contributed by atoms with E-state index in [9.17, 15) is 9.59 Å². The van der Waals surface area contributed by atoms with Gasteiger partial charge in [0, 0.05) is 36.9 Å². The number of amides is 1. The maximum atomic E-state index is 12.6. The molecule has 8 heteroatoms. The van der Waals surface area contributed by atoms with Gasteiger partial charge in [0.05, 0.1) is 12.4 Å². The summed E-state index contributed by atoms with van der Waals surface area (Å²) in [6.07, 6.45) is 9.18. The maximum Gasteiger partial charge on any atom is 0.264 e. The SMILES string of the molecule is C/C=C(\C=N)c1ncc(C(=O)NC(Cn2ccnc2)C(C)(C)C)c(=O)[nH]1. The minimum Gasteiger partial charge on any atom is -0.347 e. The zero-order valence-electron chi connectivity index (χ0n) is 15.4. The number of nitrogens with one attached hydrogen (secondary N) is 3. The van der Waals surface area contributed by atoms with Crippen LogP contribution in [0.5, 0.6) is 0 Å². The van der Waals surface area contributed by atoms with E-state index >= 15 is 0 Å². The summed E-state index contributed by atoms with van der Waals surface area (Å²) in [4.78, 5) is 35.6. The zero-order valence-corrected chi connectivity index (χ0v) is 15.4. The Labute approximate surface area is 151 Å². The van der Waals surface area contributed by atoms with Gasteiger partial charge in [0.1, 0.15) is 11.4 Å². The molecule has 0 saturated carbocycles. The molecule has 1 atom stereocenters. The average Bonchev–Trinajstić information content (AvgIpc) is 3.07. The predicted molar refractivity (Wildman–Crippen MR) is 100 cm³/mol. The molecule has 2 heterocycles. The molecule has 2 aromatic rings. The van der Waals surface area contributed by atoms with Crippen LogP contribution in [0.4, 0.5) is 0 Å².